The van der Waals surface area contributed by atoms with Gasteiger partial charge in [-0.2, -0.15) is 13.2 Å². The smallest absolute Gasteiger partial charge is 0.430 e. The van der Waals surface area contributed by atoms with Gasteiger partial charge in [0.05, 0.1) is 18.5 Å². The van der Waals surface area contributed by atoms with Gasteiger partial charge in [0.15, 0.2) is 5.69 Å². The number of rotatable bonds is 14. The van der Waals surface area contributed by atoms with E-state index in [9.17, 15) is 32.9 Å². The molecule has 0 aliphatic carbocycles. The molecule has 0 radical (unpaired) electrons. The molecule has 0 bridgehead atoms. The average Bonchev–Trinajstić information content (AvgIpc) is 3.64. The minimum Gasteiger partial charge on any atom is -0.542 e. The van der Waals surface area contributed by atoms with Crippen LogP contribution in [0.25, 0.3) is 22.2 Å². The molecular weight excluding hydrogens is 623 g/mol. The first-order valence-corrected chi connectivity index (χ1v) is 14.8. The van der Waals surface area contributed by atoms with E-state index in [2.05, 4.69) is 20.3 Å². The number of aryl methyl sites for hydroxylation is 1. The zero-order valence-corrected chi connectivity index (χ0v) is 26.1. The summed E-state index contributed by atoms with van der Waals surface area (Å²) >= 11 is 0. The Kier molecular flexibility index (Phi) is 12.6. The summed E-state index contributed by atoms with van der Waals surface area (Å²) in [5.41, 5.74) is 4.14. The van der Waals surface area contributed by atoms with Gasteiger partial charge in [0.25, 0.3) is 11.5 Å². The van der Waals surface area contributed by atoms with Gasteiger partial charge >= 0.3 is 6.18 Å². The number of fused-ring (bicyclic) bond motifs is 1. The van der Waals surface area contributed by atoms with E-state index in [0.717, 1.165) is 47.2 Å². The van der Waals surface area contributed by atoms with Crippen molar-refractivity contribution in [2.24, 2.45) is 0 Å². The van der Waals surface area contributed by atoms with Crippen LogP contribution in [0.1, 0.15) is 68.6 Å². The van der Waals surface area contributed by atoms with E-state index < -0.39 is 17.1 Å². The van der Waals surface area contributed by atoms with Gasteiger partial charge in [-0.1, -0.05) is 31.9 Å². The lowest BCUT2D eigenvalue weighted by Gasteiger charge is -2.14. The largest absolute Gasteiger partial charge is 0.542 e. The predicted octanol–water partition coefficient (Wildman–Crippen LogP) is 4.83. The predicted molar refractivity (Wildman–Crippen MR) is 163 cm³/mol. The van der Waals surface area contributed by atoms with Gasteiger partial charge in [0.2, 0.25) is 5.91 Å². The van der Waals surface area contributed by atoms with Gasteiger partial charge in [0.1, 0.15) is 29.7 Å². The normalized spacial score (nSPS) is 11.8. The zero-order valence-electron chi connectivity index (χ0n) is 26.1. The molecule has 0 fully saturated rings. The molecule has 0 unspecified atom stereocenters. The number of carbonyl (C=O) groups excluding carboxylic acids is 3. The molecule has 4 rings (SSSR count). The number of aliphatic carboxylic acids is 1. The summed E-state index contributed by atoms with van der Waals surface area (Å²) in [5, 5.41) is 24.1. The summed E-state index contributed by atoms with van der Waals surface area (Å²) in [6.45, 7) is 3.83. The number of halogens is 3. The third-order valence-electron chi connectivity index (χ3n) is 7.43. The molecule has 47 heavy (non-hydrogen) atoms. The number of ether oxygens (including phenoxy) is 1. The van der Waals surface area contributed by atoms with Gasteiger partial charge in [-0.25, -0.2) is 9.97 Å². The fourth-order valence-electron chi connectivity index (χ4n) is 4.93. The highest BCUT2D eigenvalue weighted by molar-refractivity contribution is 5.91. The monoisotopic (exact) mass is 659 g/mol. The van der Waals surface area contributed by atoms with Crippen molar-refractivity contribution < 1.29 is 47.3 Å². The number of aromatic amines is 3. The number of H-pyrrole nitrogens is 3. The number of nitrogens with one attached hydrogen (secondary N) is 4. The minimum absolute atomic E-state index is 0.00542. The minimum atomic E-state index is -5.19. The van der Waals surface area contributed by atoms with Crippen LogP contribution >= 0.6 is 0 Å². The highest BCUT2D eigenvalue weighted by Gasteiger charge is 2.29. The van der Waals surface area contributed by atoms with E-state index in [1.54, 1.807) is 25.4 Å². The Morgan fingerprint density at radius 3 is 2.45 bits per heavy atom. The molecule has 4 N–H and O–H groups in total. The number of carbonyl (C=O) groups is 3. The van der Waals surface area contributed by atoms with Crippen molar-refractivity contribution in [3.8, 4) is 17.0 Å². The van der Waals surface area contributed by atoms with E-state index in [1.807, 2.05) is 32.0 Å². The fraction of sp³-hybridized carbons (Fsp3) is 0.375. The molecule has 2 heterocycles. The number of ketones is 1. The second kappa shape index (κ2) is 16.4. The Hall–Kier alpha value is -5.21. The number of imidazole rings is 1. The number of nitro groups is 1. The number of nitro benzene ring substituents is 1. The van der Waals surface area contributed by atoms with Crippen LogP contribution in [0.3, 0.4) is 0 Å². The Labute approximate surface area is 267 Å². The van der Waals surface area contributed by atoms with Crippen LogP contribution < -0.4 is 20.1 Å². The van der Waals surface area contributed by atoms with Crippen LogP contribution in [0.2, 0.25) is 0 Å². The maximum absolute atomic E-state index is 13.4. The first kappa shape index (κ1) is 36.3. The molecule has 0 saturated carbocycles. The number of carboxylic acids is 1. The van der Waals surface area contributed by atoms with Crippen molar-refractivity contribution in [1.82, 2.24) is 15.3 Å². The number of non-ortho nitro benzene ring substituents is 1. The SMILES string of the molecule is CCC(=O)CCCCC[C@H](NC(=O)Cc1c(C)[nH]c2ccc(OC)cc12)c1[nH]c(-c2cccc([N+](=O)[O-])c2)c[nH+]1.O=C([O-])C(F)(F)F. The van der Waals surface area contributed by atoms with Crippen LogP contribution in [0, 0.1) is 17.0 Å². The highest BCUT2D eigenvalue weighted by Crippen LogP contribution is 2.28. The lowest BCUT2D eigenvalue weighted by molar-refractivity contribution is -0.391. The van der Waals surface area contributed by atoms with Gasteiger partial charge in [-0.05, 0) is 43.5 Å². The third-order valence-corrected chi connectivity index (χ3v) is 7.43. The Morgan fingerprint density at radius 2 is 1.81 bits per heavy atom. The molecule has 0 spiro atoms. The third kappa shape index (κ3) is 10.4. The molecule has 12 nitrogen and oxygen atoms in total. The number of hydrogen-bond donors (Lipinski definition) is 3. The summed E-state index contributed by atoms with van der Waals surface area (Å²) in [5.74, 6) is -1.45. The number of amides is 1. The summed E-state index contributed by atoms with van der Waals surface area (Å²) < 4.78 is 36.9. The number of unbranched alkanes of at least 4 members (excludes halogenated alkanes) is 2. The fourth-order valence-corrected chi connectivity index (χ4v) is 4.93. The van der Waals surface area contributed by atoms with E-state index >= 15 is 0 Å². The van der Waals surface area contributed by atoms with E-state index in [-0.39, 0.29) is 29.8 Å². The van der Waals surface area contributed by atoms with Gasteiger partial charge in [-0.15, -0.1) is 0 Å². The second-order valence-corrected chi connectivity index (χ2v) is 10.8. The average molecular weight is 660 g/mol. The zero-order chi connectivity index (χ0) is 34.7. The number of aromatic nitrogens is 3. The van der Waals surface area contributed by atoms with Crippen molar-refractivity contribution in [3.05, 3.63) is 75.9 Å². The number of methoxy groups -OCH3 is 1. The number of carboxylic acid groups (broad SMARTS) is 1. The van der Waals surface area contributed by atoms with Gasteiger partial charge < -0.3 is 24.9 Å². The highest BCUT2D eigenvalue weighted by atomic mass is 19.4. The first-order chi connectivity index (χ1) is 22.2. The summed E-state index contributed by atoms with van der Waals surface area (Å²) in [4.78, 5) is 54.5. The second-order valence-electron chi connectivity index (χ2n) is 10.8. The van der Waals surface area contributed by atoms with Crippen LogP contribution in [0.15, 0.2) is 48.7 Å². The Bertz CT molecular complexity index is 1710. The van der Waals surface area contributed by atoms with Crippen molar-refractivity contribution >= 4 is 34.3 Å². The Balaban J connectivity index is 0.000000771. The molecule has 0 aliphatic rings. The topological polar surface area (TPSA) is 184 Å². The Morgan fingerprint density at radius 1 is 1.09 bits per heavy atom. The quantitative estimate of drug-likeness (QED) is 0.0983. The van der Waals surface area contributed by atoms with E-state index in [1.165, 1.54) is 12.1 Å². The molecule has 2 aromatic heterocycles. The van der Waals surface area contributed by atoms with Gasteiger partial charge in [0, 0.05) is 47.1 Å². The van der Waals surface area contributed by atoms with Crippen molar-refractivity contribution in [2.75, 3.05) is 7.11 Å². The molecule has 1 amide bonds. The van der Waals surface area contributed by atoms with Crippen LogP contribution in [-0.2, 0) is 20.8 Å². The number of nitrogens with zero attached hydrogens (tertiary/aromatic N) is 1. The first-order valence-electron chi connectivity index (χ1n) is 14.8. The molecule has 0 aliphatic heterocycles. The summed E-state index contributed by atoms with van der Waals surface area (Å²) in [6, 6.07) is 11.8. The van der Waals surface area contributed by atoms with Crippen LogP contribution in [0.5, 0.6) is 5.75 Å². The van der Waals surface area contributed by atoms with Crippen LogP contribution in [-0.4, -0.2) is 45.8 Å². The van der Waals surface area contributed by atoms with Crippen molar-refractivity contribution in [3.63, 3.8) is 0 Å². The molecule has 252 valence electrons. The van der Waals surface area contributed by atoms with Crippen molar-refractivity contribution in [2.45, 2.75) is 71.0 Å². The number of Topliss-reactive ketones (excluding diaryl/α,β-unsaturated/α-hetero) is 1. The molecule has 15 heteroatoms. The maximum Gasteiger partial charge on any atom is 0.430 e. The molecule has 4 aromatic rings. The molecule has 2 aromatic carbocycles. The van der Waals surface area contributed by atoms with Crippen molar-refractivity contribution in [1.29, 1.82) is 0 Å². The molecule has 0 saturated heterocycles. The lowest BCUT2D eigenvalue weighted by Crippen LogP contribution is -2.37. The molecular formula is C32H36F3N5O7. The summed E-state index contributed by atoms with van der Waals surface area (Å²) in [6.07, 6.45) is 1.05. The maximum atomic E-state index is 13.4. The summed E-state index contributed by atoms with van der Waals surface area (Å²) in [7, 11) is 1.62. The van der Waals surface area contributed by atoms with E-state index in [0.29, 0.717) is 36.3 Å². The molecule has 1 atom stereocenters. The standard InChI is InChI=1S/C30H35N5O5.C2HF3O2/c1-4-22(36)11-6-5-7-12-27(30-31-18-28(34-30)20-9-8-10-21(15-20)35(38)39)33-29(37)17-24-19(2)32-26-14-13-23(40-3)16-25(24)26;3-2(4,5)1(6)7/h8-10,13-16,18,27,32H,4-7,11-12,17H2,1-3H3,(H,31,34)(H,33,37);(H,6,7)/t27-;/m0./s1. The van der Waals surface area contributed by atoms with Gasteiger partial charge in [-0.3, -0.25) is 19.7 Å². The lowest BCUT2D eigenvalue weighted by atomic mass is 10.0. The van der Waals surface area contributed by atoms with Crippen LogP contribution in [0.4, 0.5) is 18.9 Å². The van der Waals surface area contributed by atoms with E-state index in [4.69, 9.17) is 14.6 Å². The number of alkyl halides is 3. The number of hydrogen-bond acceptors (Lipinski definition) is 7. The number of benzene rings is 2.